The Morgan fingerprint density at radius 3 is 2.09 bits per heavy atom. The fourth-order valence-corrected chi connectivity index (χ4v) is 3.03. The van der Waals surface area contributed by atoms with Gasteiger partial charge in [0, 0.05) is 44.4 Å². The van der Waals surface area contributed by atoms with Crippen molar-refractivity contribution in [2.24, 2.45) is 0 Å². The van der Waals surface area contributed by atoms with E-state index in [1.165, 1.54) is 0 Å². The van der Waals surface area contributed by atoms with Gasteiger partial charge in [-0.15, -0.1) is 24.8 Å². The maximum Gasteiger partial charge on any atom is 0.131 e. The summed E-state index contributed by atoms with van der Waals surface area (Å²) >= 11 is 0. The predicted octanol–water partition coefficient (Wildman–Crippen LogP) is 3.00. The van der Waals surface area contributed by atoms with Gasteiger partial charge in [0.25, 0.3) is 0 Å². The van der Waals surface area contributed by atoms with E-state index in [4.69, 9.17) is 9.47 Å². The molecule has 1 fully saturated rings. The fourth-order valence-electron chi connectivity index (χ4n) is 3.03. The van der Waals surface area contributed by atoms with E-state index in [-0.39, 0.29) is 36.6 Å². The van der Waals surface area contributed by atoms with Gasteiger partial charge in [-0.05, 0) is 6.42 Å². The van der Waals surface area contributed by atoms with E-state index in [2.05, 4.69) is 17.1 Å². The molecule has 1 aliphatic heterocycles. The molecule has 0 spiro atoms. The third kappa shape index (κ3) is 5.31. The summed E-state index contributed by atoms with van der Waals surface area (Å²) in [5.41, 5.74) is 1.04. The topological polar surface area (TPSA) is 54.0 Å². The van der Waals surface area contributed by atoms with E-state index in [1.807, 2.05) is 0 Å². The van der Waals surface area contributed by atoms with Gasteiger partial charge in [-0.25, -0.2) is 0 Å². The summed E-state index contributed by atoms with van der Waals surface area (Å²) in [7, 11) is 3.27. The van der Waals surface area contributed by atoms with Crippen LogP contribution in [0.4, 0.5) is 0 Å². The molecule has 134 valence electrons. The van der Waals surface area contributed by atoms with E-state index in [1.54, 1.807) is 26.4 Å². The Labute approximate surface area is 151 Å². The number of ether oxygens (including phenoxy) is 2. The van der Waals surface area contributed by atoms with Gasteiger partial charge in [-0.3, -0.25) is 4.90 Å². The first-order chi connectivity index (χ1) is 10.2. The number of halogens is 2. The molecule has 2 rings (SSSR count). The second-order valence-electron chi connectivity index (χ2n) is 5.35. The zero-order chi connectivity index (χ0) is 15.2. The van der Waals surface area contributed by atoms with E-state index in [0.29, 0.717) is 11.5 Å². The number of methoxy groups -OCH3 is 2. The van der Waals surface area contributed by atoms with Gasteiger partial charge in [0.15, 0.2) is 0 Å². The van der Waals surface area contributed by atoms with Crippen molar-refractivity contribution in [3.05, 3.63) is 17.7 Å². The van der Waals surface area contributed by atoms with E-state index < -0.39 is 0 Å². The number of aromatic hydroxyl groups is 1. The molecule has 0 aromatic heterocycles. The minimum Gasteiger partial charge on any atom is -0.508 e. The highest BCUT2D eigenvalue weighted by molar-refractivity contribution is 5.85. The highest BCUT2D eigenvalue weighted by Crippen LogP contribution is 2.42. The Morgan fingerprint density at radius 1 is 1.13 bits per heavy atom. The largest absolute Gasteiger partial charge is 0.508 e. The van der Waals surface area contributed by atoms with Gasteiger partial charge in [-0.2, -0.15) is 0 Å². The number of piperazine rings is 1. The molecule has 1 heterocycles. The molecule has 0 bridgehead atoms. The molecule has 1 aliphatic rings. The molecule has 1 atom stereocenters. The molecule has 2 N–H and O–H groups in total. The Kier molecular flexibility index (Phi) is 10.4. The second-order valence-corrected chi connectivity index (χ2v) is 5.35. The second kappa shape index (κ2) is 10.8. The summed E-state index contributed by atoms with van der Waals surface area (Å²) in [5.74, 6) is 1.57. The summed E-state index contributed by atoms with van der Waals surface area (Å²) in [6.45, 7) is 6.22. The van der Waals surface area contributed by atoms with Crippen molar-refractivity contribution in [1.29, 1.82) is 0 Å². The average Bonchev–Trinajstić information content (AvgIpc) is 2.53. The van der Waals surface area contributed by atoms with Crippen LogP contribution in [0.2, 0.25) is 0 Å². The van der Waals surface area contributed by atoms with Crippen LogP contribution in [0.15, 0.2) is 12.1 Å². The van der Waals surface area contributed by atoms with Gasteiger partial charge >= 0.3 is 0 Å². The Balaban J connectivity index is 0.00000242. The van der Waals surface area contributed by atoms with Crippen LogP contribution in [0.25, 0.3) is 0 Å². The summed E-state index contributed by atoms with van der Waals surface area (Å²) in [5, 5.41) is 13.2. The zero-order valence-electron chi connectivity index (χ0n) is 14.0. The van der Waals surface area contributed by atoms with Crippen molar-refractivity contribution in [3.63, 3.8) is 0 Å². The van der Waals surface area contributed by atoms with Crippen LogP contribution < -0.4 is 14.8 Å². The summed E-state index contributed by atoms with van der Waals surface area (Å²) in [6.07, 6.45) is 2.12. The molecule has 7 heteroatoms. The number of benzene rings is 1. The normalized spacial score (nSPS) is 16.0. The molecule has 23 heavy (non-hydrogen) atoms. The van der Waals surface area contributed by atoms with Crippen molar-refractivity contribution in [2.45, 2.75) is 25.8 Å². The first-order valence-corrected chi connectivity index (χ1v) is 7.60. The standard InChI is InChI=1S/C16H26N2O3.2ClH/c1-4-5-13(18-8-6-17-7-9-18)16-14(20-2)10-12(19)11-15(16)21-3;;/h10-11,13,17,19H,4-9H2,1-3H3;2*1H/t13-;;/m1../s1. The fraction of sp³-hybridized carbons (Fsp3) is 0.625. The van der Waals surface area contributed by atoms with Crippen molar-refractivity contribution < 1.29 is 14.6 Å². The molecule has 0 amide bonds. The number of phenolic OH excluding ortho intramolecular Hbond substituents is 1. The lowest BCUT2D eigenvalue weighted by molar-refractivity contribution is 0.158. The third-order valence-electron chi connectivity index (χ3n) is 4.02. The molecular weight excluding hydrogens is 339 g/mol. The third-order valence-corrected chi connectivity index (χ3v) is 4.02. The number of hydrogen-bond acceptors (Lipinski definition) is 5. The van der Waals surface area contributed by atoms with Crippen molar-refractivity contribution in [3.8, 4) is 17.2 Å². The Morgan fingerprint density at radius 2 is 1.65 bits per heavy atom. The quantitative estimate of drug-likeness (QED) is 0.810. The lowest BCUT2D eigenvalue weighted by Gasteiger charge is -2.36. The monoisotopic (exact) mass is 366 g/mol. The lowest BCUT2D eigenvalue weighted by Crippen LogP contribution is -2.45. The molecule has 0 aliphatic carbocycles. The first-order valence-electron chi connectivity index (χ1n) is 7.60. The molecule has 1 saturated heterocycles. The molecule has 0 saturated carbocycles. The number of nitrogens with zero attached hydrogens (tertiary/aromatic N) is 1. The average molecular weight is 367 g/mol. The Hall–Kier alpha value is -0.880. The molecule has 0 radical (unpaired) electrons. The SMILES string of the molecule is CCC[C@H](c1c(OC)cc(O)cc1OC)N1CCNCC1.Cl.Cl. The zero-order valence-corrected chi connectivity index (χ0v) is 15.6. The van der Waals surface area contributed by atoms with E-state index >= 15 is 0 Å². The van der Waals surface area contributed by atoms with E-state index in [0.717, 1.165) is 44.6 Å². The van der Waals surface area contributed by atoms with Crippen LogP contribution in [0.5, 0.6) is 17.2 Å². The lowest BCUT2D eigenvalue weighted by atomic mass is 9.97. The van der Waals surface area contributed by atoms with Crippen LogP contribution in [0.3, 0.4) is 0 Å². The predicted molar refractivity (Wildman–Crippen MR) is 97.8 cm³/mol. The Bertz CT molecular complexity index is 444. The van der Waals surface area contributed by atoms with Crippen LogP contribution in [-0.2, 0) is 0 Å². The van der Waals surface area contributed by atoms with Gasteiger partial charge in [0.1, 0.15) is 17.2 Å². The summed E-state index contributed by atoms with van der Waals surface area (Å²) < 4.78 is 11.0. The van der Waals surface area contributed by atoms with Gasteiger partial charge in [0.2, 0.25) is 0 Å². The van der Waals surface area contributed by atoms with Crippen LogP contribution in [0, 0.1) is 0 Å². The highest BCUT2D eigenvalue weighted by Gasteiger charge is 2.27. The van der Waals surface area contributed by atoms with Gasteiger partial charge in [-0.1, -0.05) is 13.3 Å². The van der Waals surface area contributed by atoms with Crippen molar-refractivity contribution in [1.82, 2.24) is 10.2 Å². The van der Waals surface area contributed by atoms with Crippen LogP contribution >= 0.6 is 24.8 Å². The van der Waals surface area contributed by atoms with E-state index in [9.17, 15) is 5.11 Å². The van der Waals surface area contributed by atoms with Gasteiger partial charge < -0.3 is 19.9 Å². The minimum absolute atomic E-state index is 0. The molecule has 1 aromatic carbocycles. The maximum atomic E-state index is 9.82. The smallest absolute Gasteiger partial charge is 0.131 e. The molecular formula is C16H28Cl2N2O3. The van der Waals surface area contributed by atoms with Crippen molar-refractivity contribution >= 4 is 24.8 Å². The molecule has 5 nitrogen and oxygen atoms in total. The van der Waals surface area contributed by atoms with Crippen LogP contribution in [-0.4, -0.2) is 50.4 Å². The van der Waals surface area contributed by atoms with Crippen molar-refractivity contribution in [2.75, 3.05) is 40.4 Å². The first kappa shape index (κ1) is 22.1. The highest BCUT2D eigenvalue weighted by atomic mass is 35.5. The number of hydrogen-bond donors (Lipinski definition) is 2. The number of nitrogens with one attached hydrogen (secondary N) is 1. The summed E-state index contributed by atoms with van der Waals surface area (Å²) in [4.78, 5) is 2.47. The number of rotatable bonds is 6. The maximum absolute atomic E-state index is 9.82. The molecule has 0 unspecified atom stereocenters. The van der Waals surface area contributed by atoms with Crippen LogP contribution in [0.1, 0.15) is 31.4 Å². The van der Waals surface area contributed by atoms with Gasteiger partial charge in [0.05, 0.1) is 19.8 Å². The molecule has 1 aromatic rings. The summed E-state index contributed by atoms with van der Waals surface area (Å²) in [6, 6.07) is 3.59. The number of phenols is 1. The minimum atomic E-state index is 0.